The monoisotopic (exact) mass is 647 g/mol. The van der Waals surface area contributed by atoms with Gasteiger partial charge in [0, 0.05) is 29.9 Å². The number of anilines is 2. The van der Waals surface area contributed by atoms with Crippen molar-refractivity contribution in [3.63, 3.8) is 0 Å². The summed E-state index contributed by atoms with van der Waals surface area (Å²) < 4.78 is 72.5. The molecule has 1 heterocycles. The summed E-state index contributed by atoms with van der Waals surface area (Å²) in [5.74, 6) is -0.284. The van der Waals surface area contributed by atoms with Crippen LogP contribution in [-0.2, 0) is 24.8 Å². The Hall–Kier alpha value is -2.36. The Labute approximate surface area is 272 Å². The zero-order valence-corrected chi connectivity index (χ0v) is 25.1. The number of nitrogens with zero attached hydrogens (tertiary/aromatic N) is 1. The molecular formula is C27H31ClN3NaO8S2. The molecule has 1 aliphatic heterocycles. The molecule has 0 aliphatic carbocycles. The van der Waals surface area contributed by atoms with Crippen molar-refractivity contribution >= 4 is 78.5 Å². The Kier molecular flexibility index (Phi) is 11.3. The first-order chi connectivity index (χ1) is 19.3. The Bertz CT molecular complexity index is 1630. The molecule has 1 saturated heterocycles. The number of hydrogen-bond acceptors (Lipinski definition) is 8. The molecule has 0 aromatic heterocycles. The zero-order chi connectivity index (χ0) is 29.9. The van der Waals surface area contributed by atoms with Crippen LogP contribution in [0.1, 0.15) is 24.2 Å². The topological polar surface area (TPSA) is 140 Å². The number of methoxy groups -OCH3 is 2. The Morgan fingerprint density at radius 2 is 1.40 bits per heavy atom. The van der Waals surface area contributed by atoms with Crippen LogP contribution in [0.4, 0.5) is 11.4 Å². The van der Waals surface area contributed by atoms with Gasteiger partial charge in [-0.25, -0.2) is 16.8 Å². The Morgan fingerprint density at radius 3 is 1.95 bits per heavy atom. The SMILES string of the molecule is COc1cc(NS(=O)(=O)c2ccc(Cl)cc2)c(C(=O)Nc2ccc(S(=O)(=O)N3CC(C)OC(C)C3)cc2)cc1OC.[NaH]. The van der Waals surface area contributed by atoms with Gasteiger partial charge in [-0.3, -0.25) is 9.52 Å². The average molecular weight is 648 g/mol. The first-order valence-corrected chi connectivity index (χ1v) is 15.8. The third-order valence-electron chi connectivity index (χ3n) is 6.27. The fourth-order valence-corrected chi connectivity index (χ4v) is 7.14. The predicted octanol–water partition coefficient (Wildman–Crippen LogP) is 3.56. The summed E-state index contributed by atoms with van der Waals surface area (Å²) in [5, 5.41) is 3.04. The maximum absolute atomic E-state index is 13.4. The van der Waals surface area contributed by atoms with Crippen molar-refractivity contribution in [3.05, 3.63) is 71.2 Å². The molecule has 4 rings (SSSR count). The van der Waals surface area contributed by atoms with Crippen molar-refractivity contribution in [3.8, 4) is 11.5 Å². The molecule has 0 spiro atoms. The number of hydrogen-bond donors (Lipinski definition) is 2. The second-order valence-electron chi connectivity index (χ2n) is 9.37. The van der Waals surface area contributed by atoms with Gasteiger partial charge in [0.25, 0.3) is 15.9 Å². The van der Waals surface area contributed by atoms with E-state index in [0.717, 1.165) is 0 Å². The summed E-state index contributed by atoms with van der Waals surface area (Å²) in [7, 11) is -5.12. The van der Waals surface area contributed by atoms with Crippen LogP contribution in [-0.4, -0.2) is 96.1 Å². The van der Waals surface area contributed by atoms with Gasteiger partial charge in [0.1, 0.15) is 0 Å². The quantitative estimate of drug-likeness (QED) is 0.336. The van der Waals surface area contributed by atoms with Gasteiger partial charge >= 0.3 is 29.6 Å². The molecule has 2 unspecified atom stereocenters. The molecular weight excluding hydrogens is 617 g/mol. The number of sulfonamides is 2. The van der Waals surface area contributed by atoms with E-state index >= 15 is 0 Å². The van der Waals surface area contributed by atoms with Gasteiger partial charge < -0.3 is 19.5 Å². The van der Waals surface area contributed by atoms with E-state index in [1.54, 1.807) is 0 Å². The van der Waals surface area contributed by atoms with Gasteiger partial charge in [-0.05, 0) is 68.4 Å². The van der Waals surface area contributed by atoms with Gasteiger partial charge in [0.15, 0.2) is 11.5 Å². The van der Waals surface area contributed by atoms with Crippen molar-refractivity contribution in [2.75, 3.05) is 37.3 Å². The van der Waals surface area contributed by atoms with Gasteiger partial charge in [0.2, 0.25) is 10.0 Å². The van der Waals surface area contributed by atoms with Crippen LogP contribution in [0.5, 0.6) is 11.5 Å². The van der Waals surface area contributed by atoms with Crippen LogP contribution in [0, 0.1) is 0 Å². The molecule has 42 heavy (non-hydrogen) atoms. The summed E-state index contributed by atoms with van der Waals surface area (Å²) in [6.45, 7) is 4.10. The van der Waals surface area contributed by atoms with E-state index in [1.807, 2.05) is 13.8 Å². The van der Waals surface area contributed by atoms with E-state index in [9.17, 15) is 21.6 Å². The van der Waals surface area contributed by atoms with E-state index in [0.29, 0.717) is 10.7 Å². The number of carbonyl (C=O) groups is 1. The van der Waals surface area contributed by atoms with Crippen LogP contribution in [0.2, 0.25) is 5.02 Å². The van der Waals surface area contributed by atoms with Crippen molar-refractivity contribution in [2.45, 2.75) is 35.8 Å². The Morgan fingerprint density at radius 1 is 0.881 bits per heavy atom. The van der Waals surface area contributed by atoms with E-state index in [4.69, 9.17) is 25.8 Å². The van der Waals surface area contributed by atoms with Crippen LogP contribution in [0.15, 0.2) is 70.5 Å². The fourth-order valence-electron chi connectivity index (χ4n) is 4.35. The number of halogens is 1. The van der Waals surface area contributed by atoms with E-state index in [2.05, 4.69) is 10.0 Å². The summed E-state index contributed by atoms with van der Waals surface area (Å²) in [6.07, 6.45) is -0.472. The van der Waals surface area contributed by atoms with Crippen molar-refractivity contribution in [2.24, 2.45) is 0 Å². The Balaban J connectivity index is 0.00000484. The molecule has 0 saturated carbocycles. The molecule has 1 aliphatic rings. The second-order valence-corrected chi connectivity index (χ2v) is 13.4. The summed E-state index contributed by atoms with van der Waals surface area (Å²) >= 11 is 5.88. The molecule has 0 radical (unpaired) electrons. The van der Waals surface area contributed by atoms with Gasteiger partial charge in [0.05, 0.1) is 47.5 Å². The number of morpholine rings is 1. The zero-order valence-electron chi connectivity index (χ0n) is 22.8. The minimum atomic E-state index is -4.11. The van der Waals surface area contributed by atoms with Crippen LogP contribution in [0.25, 0.3) is 0 Å². The number of carbonyl (C=O) groups excluding carboxylic acids is 1. The van der Waals surface area contributed by atoms with Crippen LogP contribution >= 0.6 is 11.6 Å². The molecule has 2 atom stereocenters. The van der Waals surface area contributed by atoms with Crippen molar-refractivity contribution in [1.29, 1.82) is 0 Å². The third kappa shape index (κ3) is 7.77. The first-order valence-electron chi connectivity index (χ1n) is 12.5. The second kappa shape index (κ2) is 14.0. The summed E-state index contributed by atoms with van der Waals surface area (Å²) in [6, 6.07) is 13.9. The third-order valence-corrected chi connectivity index (χ3v) is 9.75. The minimum absolute atomic E-state index is 0. The standard InChI is InChI=1S/C27H30ClN3O8S2.Na.H/c1-17-15-31(16-18(2)39-17)41(35,36)22-11-7-20(8-12-22)29-27(32)23-13-25(37-3)26(38-4)14-24(23)30-40(33,34)21-9-5-19(28)6-10-21;;/h5-14,17-18,30H,15-16H2,1-4H3,(H,29,32);;. The molecule has 2 N–H and O–H groups in total. The summed E-state index contributed by atoms with van der Waals surface area (Å²) in [5.41, 5.74) is 0.164. The van der Waals surface area contributed by atoms with E-state index in [1.165, 1.54) is 79.2 Å². The fraction of sp³-hybridized carbons (Fsp3) is 0.296. The first kappa shape index (κ1) is 34.1. The molecule has 11 nitrogen and oxygen atoms in total. The summed E-state index contributed by atoms with van der Waals surface area (Å²) in [4.78, 5) is 13.4. The maximum atomic E-state index is 13.4. The van der Waals surface area contributed by atoms with Gasteiger partial charge in [-0.1, -0.05) is 11.6 Å². The van der Waals surface area contributed by atoms with Crippen molar-refractivity contribution < 1.29 is 35.8 Å². The van der Waals surface area contributed by atoms with Gasteiger partial charge in [-0.2, -0.15) is 4.31 Å². The average Bonchev–Trinajstić information content (AvgIpc) is 2.92. The normalized spacial score (nSPS) is 17.5. The van der Waals surface area contributed by atoms with Crippen molar-refractivity contribution in [1.82, 2.24) is 4.31 Å². The van der Waals surface area contributed by atoms with E-state index in [-0.39, 0.29) is 87.4 Å². The molecule has 0 bridgehead atoms. The molecule has 3 aromatic carbocycles. The molecule has 15 heteroatoms. The van der Waals surface area contributed by atoms with Gasteiger partial charge in [-0.15, -0.1) is 0 Å². The molecule has 222 valence electrons. The number of benzene rings is 3. The number of rotatable bonds is 9. The number of amides is 1. The van der Waals surface area contributed by atoms with Crippen LogP contribution < -0.4 is 19.5 Å². The number of nitrogens with one attached hydrogen (secondary N) is 2. The molecule has 3 aromatic rings. The predicted molar refractivity (Wildman–Crippen MR) is 162 cm³/mol. The van der Waals surface area contributed by atoms with Crippen LogP contribution in [0.3, 0.4) is 0 Å². The van der Waals surface area contributed by atoms with E-state index < -0.39 is 26.0 Å². The number of ether oxygens (including phenoxy) is 3. The molecule has 1 fully saturated rings. The molecule has 1 amide bonds.